The molecule has 0 aromatic rings. The monoisotopic (exact) mass is 244 g/mol. The highest BCUT2D eigenvalue weighted by Gasteiger charge is 2.28. The third-order valence-electron chi connectivity index (χ3n) is 3.24. The Morgan fingerprint density at radius 2 is 2.38 bits per heavy atom. The molecule has 0 aromatic heterocycles. The van der Waals surface area contributed by atoms with Crippen molar-refractivity contribution < 1.29 is 4.79 Å². The van der Waals surface area contributed by atoms with E-state index in [2.05, 4.69) is 6.92 Å². The molecule has 0 aromatic carbocycles. The summed E-state index contributed by atoms with van der Waals surface area (Å²) < 4.78 is 0. The summed E-state index contributed by atoms with van der Waals surface area (Å²) in [6.45, 7) is 4.05. The molecule has 1 amide bonds. The van der Waals surface area contributed by atoms with E-state index in [1.807, 2.05) is 11.2 Å². The summed E-state index contributed by atoms with van der Waals surface area (Å²) in [5.41, 5.74) is 5.90. The summed E-state index contributed by atoms with van der Waals surface area (Å²) in [4.78, 5) is 14.0. The van der Waals surface area contributed by atoms with E-state index in [9.17, 15) is 4.79 Å². The zero-order valence-corrected chi connectivity index (χ0v) is 11.3. The van der Waals surface area contributed by atoms with E-state index < -0.39 is 0 Å². The second-order valence-electron chi connectivity index (χ2n) is 4.62. The third kappa shape index (κ3) is 3.98. The van der Waals surface area contributed by atoms with Crippen molar-refractivity contribution >= 4 is 17.7 Å². The molecule has 3 nitrogen and oxygen atoms in total. The number of carbonyl (C=O) groups excluding carboxylic acids is 1. The van der Waals surface area contributed by atoms with Crippen molar-refractivity contribution in [3.8, 4) is 0 Å². The summed E-state index contributed by atoms with van der Waals surface area (Å²) in [7, 11) is 0. The van der Waals surface area contributed by atoms with E-state index in [0.717, 1.165) is 31.7 Å². The van der Waals surface area contributed by atoms with Gasteiger partial charge in [-0.25, -0.2) is 0 Å². The Morgan fingerprint density at radius 1 is 1.62 bits per heavy atom. The van der Waals surface area contributed by atoms with Crippen LogP contribution in [0.3, 0.4) is 0 Å². The molecule has 0 aliphatic carbocycles. The number of carbonyl (C=O) groups is 1. The van der Waals surface area contributed by atoms with Crippen LogP contribution in [-0.2, 0) is 4.79 Å². The van der Waals surface area contributed by atoms with Crippen LogP contribution in [0.5, 0.6) is 0 Å². The van der Waals surface area contributed by atoms with Gasteiger partial charge in [0.25, 0.3) is 0 Å². The molecule has 1 heterocycles. The van der Waals surface area contributed by atoms with Crippen molar-refractivity contribution in [2.45, 2.75) is 38.6 Å². The molecule has 1 rings (SSSR count). The second kappa shape index (κ2) is 7.17. The van der Waals surface area contributed by atoms with Crippen LogP contribution in [0.25, 0.3) is 0 Å². The van der Waals surface area contributed by atoms with Gasteiger partial charge in [-0.1, -0.05) is 13.3 Å². The van der Waals surface area contributed by atoms with Crippen LogP contribution < -0.4 is 5.73 Å². The lowest BCUT2D eigenvalue weighted by atomic mass is 10.0. The van der Waals surface area contributed by atoms with Crippen molar-refractivity contribution in [2.24, 2.45) is 11.7 Å². The van der Waals surface area contributed by atoms with Gasteiger partial charge < -0.3 is 10.6 Å². The summed E-state index contributed by atoms with van der Waals surface area (Å²) >= 11 is 1.75. The molecule has 94 valence electrons. The highest BCUT2D eigenvalue weighted by molar-refractivity contribution is 7.98. The maximum Gasteiger partial charge on any atom is 0.239 e. The summed E-state index contributed by atoms with van der Waals surface area (Å²) in [5.74, 6) is 1.84. The average molecular weight is 244 g/mol. The molecule has 1 unspecified atom stereocenters. The highest BCUT2D eigenvalue weighted by Crippen LogP contribution is 2.21. The van der Waals surface area contributed by atoms with Crippen molar-refractivity contribution in [3.63, 3.8) is 0 Å². The molecule has 0 spiro atoms. The number of nitrogens with two attached hydrogens (primary N) is 1. The van der Waals surface area contributed by atoms with Gasteiger partial charge in [0.15, 0.2) is 0 Å². The molecule has 0 bridgehead atoms. The lowest BCUT2D eigenvalue weighted by Crippen LogP contribution is -2.43. The highest BCUT2D eigenvalue weighted by atomic mass is 32.2. The van der Waals surface area contributed by atoms with Crippen LogP contribution in [0.2, 0.25) is 0 Å². The van der Waals surface area contributed by atoms with Crippen molar-refractivity contribution in [3.05, 3.63) is 0 Å². The maximum absolute atomic E-state index is 12.0. The molecule has 1 fully saturated rings. The van der Waals surface area contributed by atoms with Crippen molar-refractivity contribution in [1.29, 1.82) is 0 Å². The number of hydrogen-bond donors (Lipinski definition) is 1. The van der Waals surface area contributed by atoms with E-state index in [4.69, 9.17) is 5.73 Å². The molecular weight excluding hydrogens is 220 g/mol. The molecule has 1 saturated heterocycles. The van der Waals surface area contributed by atoms with Crippen LogP contribution in [-0.4, -0.2) is 41.9 Å². The van der Waals surface area contributed by atoms with Gasteiger partial charge in [0.1, 0.15) is 0 Å². The standard InChI is InChI=1S/C12H24N2OS/c1-3-4-10-5-7-14(9-10)12(15)11(13)6-8-16-2/h10-11H,3-9,13H2,1-2H3/t10?,11-/m1/s1. The third-order valence-corrected chi connectivity index (χ3v) is 3.89. The largest absolute Gasteiger partial charge is 0.341 e. The number of rotatable bonds is 6. The Morgan fingerprint density at radius 3 is 3.00 bits per heavy atom. The maximum atomic E-state index is 12.0. The van der Waals surface area contributed by atoms with E-state index >= 15 is 0 Å². The van der Waals surface area contributed by atoms with Crippen molar-refractivity contribution in [2.75, 3.05) is 25.1 Å². The molecule has 16 heavy (non-hydrogen) atoms. The Hall–Kier alpha value is -0.220. The van der Waals surface area contributed by atoms with Crippen molar-refractivity contribution in [1.82, 2.24) is 4.90 Å². The van der Waals surface area contributed by atoms with Gasteiger partial charge >= 0.3 is 0 Å². The van der Waals surface area contributed by atoms with E-state index in [1.165, 1.54) is 12.8 Å². The molecule has 2 atom stereocenters. The fourth-order valence-corrected chi connectivity index (χ4v) is 2.77. The normalized spacial score (nSPS) is 22.4. The second-order valence-corrected chi connectivity index (χ2v) is 5.60. The first-order chi connectivity index (χ1) is 7.69. The van der Waals surface area contributed by atoms with E-state index in [0.29, 0.717) is 5.92 Å². The quantitative estimate of drug-likeness (QED) is 0.774. The zero-order chi connectivity index (χ0) is 12.0. The number of hydrogen-bond acceptors (Lipinski definition) is 3. The summed E-state index contributed by atoms with van der Waals surface area (Å²) in [5, 5.41) is 0. The summed E-state index contributed by atoms with van der Waals surface area (Å²) in [6, 6.07) is -0.284. The predicted octanol–water partition coefficient (Wildman–Crippen LogP) is 1.72. The smallest absolute Gasteiger partial charge is 0.239 e. The lowest BCUT2D eigenvalue weighted by molar-refractivity contribution is -0.131. The van der Waals surface area contributed by atoms with Gasteiger partial charge in [-0.3, -0.25) is 4.79 Å². The van der Waals surface area contributed by atoms with Crippen LogP contribution in [0.1, 0.15) is 32.6 Å². The minimum absolute atomic E-state index is 0.160. The first kappa shape index (κ1) is 13.8. The van der Waals surface area contributed by atoms with Gasteiger partial charge in [0.2, 0.25) is 5.91 Å². The lowest BCUT2D eigenvalue weighted by Gasteiger charge is -2.20. The zero-order valence-electron chi connectivity index (χ0n) is 10.4. The fraction of sp³-hybridized carbons (Fsp3) is 0.917. The van der Waals surface area contributed by atoms with Gasteiger partial charge in [0, 0.05) is 13.1 Å². The van der Waals surface area contributed by atoms with Gasteiger partial charge in [0.05, 0.1) is 6.04 Å². The van der Waals surface area contributed by atoms with Crippen LogP contribution >= 0.6 is 11.8 Å². The molecular formula is C12H24N2OS. The molecule has 4 heteroatoms. The van der Waals surface area contributed by atoms with Crippen LogP contribution in [0.15, 0.2) is 0 Å². The Kier molecular flexibility index (Phi) is 6.21. The first-order valence-electron chi connectivity index (χ1n) is 6.22. The predicted molar refractivity (Wildman–Crippen MR) is 70.6 cm³/mol. The van der Waals surface area contributed by atoms with E-state index in [1.54, 1.807) is 11.8 Å². The number of likely N-dealkylation sites (tertiary alicyclic amines) is 1. The molecule has 2 N–H and O–H groups in total. The molecule has 1 aliphatic heterocycles. The Labute approximate surface area is 103 Å². The number of amides is 1. The minimum atomic E-state index is -0.284. The molecule has 0 saturated carbocycles. The summed E-state index contributed by atoms with van der Waals surface area (Å²) in [6.07, 6.45) is 6.46. The molecule has 1 aliphatic rings. The van der Waals surface area contributed by atoms with Gasteiger partial charge in [-0.2, -0.15) is 11.8 Å². The average Bonchev–Trinajstić information content (AvgIpc) is 2.74. The Balaban J connectivity index is 2.32. The first-order valence-corrected chi connectivity index (χ1v) is 7.61. The number of nitrogens with zero attached hydrogens (tertiary/aromatic N) is 1. The Bertz CT molecular complexity index is 223. The van der Waals surface area contributed by atoms with Crippen LogP contribution in [0.4, 0.5) is 0 Å². The number of thioether (sulfide) groups is 1. The van der Waals surface area contributed by atoms with Crippen LogP contribution in [0, 0.1) is 5.92 Å². The molecule has 0 radical (unpaired) electrons. The van der Waals surface area contributed by atoms with Gasteiger partial charge in [-0.15, -0.1) is 0 Å². The van der Waals surface area contributed by atoms with E-state index in [-0.39, 0.29) is 11.9 Å². The topological polar surface area (TPSA) is 46.3 Å². The minimum Gasteiger partial charge on any atom is -0.341 e. The van der Waals surface area contributed by atoms with Gasteiger partial charge in [-0.05, 0) is 37.2 Å². The SMILES string of the molecule is CCCC1CCN(C(=O)[C@H](N)CCSC)C1. The fourth-order valence-electron chi connectivity index (χ4n) is 2.28.